The Balaban J connectivity index is 2.90. The van der Waals surface area contributed by atoms with E-state index in [0.29, 0.717) is 10.7 Å². The Morgan fingerprint density at radius 2 is 2.31 bits per heavy atom. The lowest BCUT2D eigenvalue weighted by Crippen LogP contribution is -1.83. The predicted octanol–water partition coefficient (Wildman–Crippen LogP) is 2.06. The van der Waals surface area contributed by atoms with Gasteiger partial charge in [0.05, 0.1) is 10.3 Å². The quantitative estimate of drug-likeness (QED) is 0.690. The van der Waals surface area contributed by atoms with Gasteiger partial charge in [-0.05, 0) is 24.6 Å². The van der Waals surface area contributed by atoms with Gasteiger partial charge in [-0.25, -0.2) is 4.98 Å². The molecule has 0 amide bonds. The van der Waals surface area contributed by atoms with Crippen molar-refractivity contribution in [3.05, 3.63) is 23.3 Å². The summed E-state index contributed by atoms with van der Waals surface area (Å²) in [6.07, 6.45) is 0. The van der Waals surface area contributed by atoms with Crippen LogP contribution < -0.4 is 5.73 Å². The molecule has 2 N–H and O–H groups in total. The summed E-state index contributed by atoms with van der Waals surface area (Å²) in [4.78, 5) is 4.10. The second-order valence-corrected chi connectivity index (χ2v) is 3.89. The van der Waals surface area contributed by atoms with Crippen LogP contribution in [0.4, 0.5) is 5.13 Å². The molecule has 0 saturated heterocycles. The molecule has 1 aromatic heterocycles. The maximum absolute atomic E-state index is 8.84. The molecule has 3 nitrogen and oxygen atoms in total. The molecule has 1 aromatic carbocycles. The molecule has 0 spiro atoms. The molecule has 0 saturated carbocycles. The highest BCUT2D eigenvalue weighted by Gasteiger charge is 2.06. The number of rotatable bonds is 0. The van der Waals surface area contributed by atoms with Crippen molar-refractivity contribution in [2.45, 2.75) is 6.92 Å². The molecule has 2 rings (SSSR count). The van der Waals surface area contributed by atoms with Crippen LogP contribution in [0.15, 0.2) is 12.1 Å². The number of benzene rings is 1. The first kappa shape index (κ1) is 8.02. The molecule has 0 aliphatic carbocycles. The molecule has 0 atom stereocenters. The fourth-order valence-corrected chi connectivity index (χ4v) is 2.13. The maximum atomic E-state index is 8.84. The molecule has 0 fully saturated rings. The molecule has 2 aromatic rings. The number of nitrogens with zero attached hydrogens (tertiary/aromatic N) is 2. The molecule has 13 heavy (non-hydrogen) atoms. The number of fused-ring (bicyclic) bond motifs is 1. The van der Waals surface area contributed by atoms with Crippen LogP contribution in [-0.2, 0) is 0 Å². The van der Waals surface area contributed by atoms with E-state index in [1.165, 1.54) is 11.3 Å². The third-order valence-corrected chi connectivity index (χ3v) is 2.61. The zero-order valence-electron chi connectivity index (χ0n) is 7.03. The molecule has 0 radical (unpaired) electrons. The van der Waals surface area contributed by atoms with Crippen molar-refractivity contribution in [1.29, 1.82) is 5.26 Å². The molecule has 0 bridgehead atoms. The van der Waals surface area contributed by atoms with Gasteiger partial charge < -0.3 is 5.73 Å². The second kappa shape index (κ2) is 2.71. The van der Waals surface area contributed by atoms with Gasteiger partial charge in [-0.3, -0.25) is 0 Å². The summed E-state index contributed by atoms with van der Waals surface area (Å²) in [5.74, 6) is 0. The summed E-state index contributed by atoms with van der Waals surface area (Å²) in [5, 5.41) is 9.35. The molecule has 0 unspecified atom stereocenters. The van der Waals surface area contributed by atoms with Crippen molar-refractivity contribution in [1.82, 2.24) is 4.98 Å². The van der Waals surface area contributed by atoms with Crippen molar-refractivity contribution < 1.29 is 0 Å². The van der Waals surface area contributed by atoms with Crippen molar-refractivity contribution in [2.75, 3.05) is 5.73 Å². The molecular weight excluding hydrogens is 182 g/mol. The number of nitrogen functional groups attached to an aromatic ring is 1. The van der Waals surface area contributed by atoms with Crippen LogP contribution >= 0.6 is 11.3 Å². The standard InChI is InChI=1S/C9H7N3S/c1-5-2-6(4-10)8-7(3-5)13-9(11)12-8/h2-3H,1H3,(H2,11,12). The number of aromatic nitrogens is 1. The molecule has 1 heterocycles. The van der Waals surface area contributed by atoms with Gasteiger partial charge in [0.25, 0.3) is 0 Å². The van der Waals surface area contributed by atoms with Crippen LogP contribution in [0.2, 0.25) is 0 Å². The zero-order valence-corrected chi connectivity index (χ0v) is 7.85. The molecule has 0 aliphatic heterocycles. The first-order chi connectivity index (χ1) is 6.20. The SMILES string of the molecule is Cc1cc(C#N)c2nc(N)sc2c1. The predicted molar refractivity (Wildman–Crippen MR) is 53.5 cm³/mol. The fourth-order valence-electron chi connectivity index (χ4n) is 1.27. The molecular formula is C9H7N3S. The van der Waals surface area contributed by atoms with Crippen LogP contribution in [-0.4, -0.2) is 4.98 Å². The average Bonchev–Trinajstić information content (AvgIpc) is 2.43. The number of anilines is 1. The zero-order chi connectivity index (χ0) is 9.42. The minimum absolute atomic E-state index is 0.511. The van der Waals surface area contributed by atoms with Crippen LogP contribution in [0.3, 0.4) is 0 Å². The van der Waals surface area contributed by atoms with E-state index >= 15 is 0 Å². The van der Waals surface area contributed by atoms with E-state index in [9.17, 15) is 0 Å². The van der Waals surface area contributed by atoms with Gasteiger partial charge in [-0.15, -0.1) is 0 Å². The highest BCUT2D eigenvalue weighted by Crippen LogP contribution is 2.27. The smallest absolute Gasteiger partial charge is 0.181 e. The summed E-state index contributed by atoms with van der Waals surface area (Å²) in [6, 6.07) is 5.92. The van der Waals surface area contributed by atoms with Crippen molar-refractivity contribution in [3.8, 4) is 6.07 Å². The van der Waals surface area contributed by atoms with Gasteiger partial charge in [0, 0.05) is 0 Å². The normalized spacial score (nSPS) is 10.2. The van der Waals surface area contributed by atoms with Crippen molar-refractivity contribution in [3.63, 3.8) is 0 Å². The van der Waals surface area contributed by atoms with Crippen molar-refractivity contribution >= 4 is 26.7 Å². The number of hydrogen-bond donors (Lipinski definition) is 1. The van der Waals surface area contributed by atoms with Crippen LogP contribution in [0, 0.1) is 18.3 Å². The number of nitriles is 1. The number of thiazole rings is 1. The van der Waals surface area contributed by atoms with E-state index < -0.39 is 0 Å². The van der Waals surface area contributed by atoms with Crippen LogP contribution in [0.25, 0.3) is 10.2 Å². The Hall–Kier alpha value is -1.60. The number of hydrogen-bond acceptors (Lipinski definition) is 4. The largest absolute Gasteiger partial charge is 0.375 e. The fraction of sp³-hybridized carbons (Fsp3) is 0.111. The topological polar surface area (TPSA) is 62.7 Å². The summed E-state index contributed by atoms with van der Waals surface area (Å²) < 4.78 is 0.981. The third kappa shape index (κ3) is 1.23. The lowest BCUT2D eigenvalue weighted by molar-refractivity contribution is 1.42. The van der Waals surface area contributed by atoms with Gasteiger partial charge >= 0.3 is 0 Å². The van der Waals surface area contributed by atoms with Gasteiger partial charge in [0.1, 0.15) is 11.6 Å². The number of aryl methyl sites for hydroxylation is 1. The van der Waals surface area contributed by atoms with Gasteiger partial charge in [-0.1, -0.05) is 11.3 Å². The summed E-state index contributed by atoms with van der Waals surface area (Å²) in [5.41, 5.74) is 7.94. The van der Waals surface area contributed by atoms with Gasteiger partial charge in [-0.2, -0.15) is 5.26 Å². The van der Waals surface area contributed by atoms with Crippen LogP contribution in [0.5, 0.6) is 0 Å². The number of nitrogens with two attached hydrogens (primary N) is 1. The minimum atomic E-state index is 0.511. The Bertz CT molecular complexity index is 507. The second-order valence-electron chi connectivity index (χ2n) is 2.82. The van der Waals surface area contributed by atoms with E-state index in [-0.39, 0.29) is 0 Å². The summed E-state index contributed by atoms with van der Waals surface area (Å²) in [6.45, 7) is 1.95. The van der Waals surface area contributed by atoms with E-state index in [1.54, 1.807) is 0 Å². The Labute approximate surface area is 79.4 Å². The van der Waals surface area contributed by atoms with Crippen molar-refractivity contribution in [2.24, 2.45) is 0 Å². The first-order valence-corrected chi connectivity index (χ1v) is 4.59. The van der Waals surface area contributed by atoms with Gasteiger partial charge in [0.2, 0.25) is 0 Å². The highest BCUT2D eigenvalue weighted by molar-refractivity contribution is 7.22. The lowest BCUT2D eigenvalue weighted by Gasteiger charge is -1.93. The first-order valence-electron chi connectivity index (χ1n) is 3.77. The minimum Gasteiger partial charge on any atom is -0.375 e. The lowest BCUT2D eigenvalue weighted by atomic mass is 10.1. The van der Waals surface area contributed by atoms with Gasteiger partial charge in [0.15, 0.2) is 5.13 Å². The Kier molecular flexibility index (Phi) is 1.67. The summed E-state index contributed by atoms with van der Waals surface area (Å²) in [7, 11) is 0. The third-order valence-electron chi connectivity index (χ3n) is 1.78. The maximum Gasteiger partial charge on any atom is 0.181 e. The highest BCUT2D eigenvalue weighted by atomic mass is 32.1. The Morgan fingerprint density at radius 3 is 3.00 bits per heavy atom. The molecule has 64 valence electrons. The summed E-state index contributed by atoms with van der Waals surface area (Å²) >= 11 is 1.41. The Morgan fingerprint density at radius 1 is 1.54 bits per heavy atom. The van der Waals surface area contributed by atoms with E-state index in [2.05, 4.69) is 11.1 Å². The van der Waals surface area contributed by atoms with Crippen LogP contribution in [0.1, 0.15) is 11.1 Å². The molecule has 0 aliphatic rings. The average molecular weight is 189 g/mol. The van der Waals surface area contributed by atoms with E-state index in [0.717, 1.165) is 15.8 Å². The van der Waals surface area contributed by atoms with E-state index in [4.69, 9.17) is 11.0 Å². The molecule has 4 heteroatoms. The van der Waals surface area contributed by atoms with E-state index in [1.807, 2.05) is 19.1 Å². The monoisotopic (exact) mass is 189 g/mol.